The van der Waals surface area contributed by atoms with Crippen molar-refractivity contribution in [3.8, 4) is 0 Å². The second-order valence-corrected chi connectivity index (χ2v) is 8.04. The molecule has 32 heavy (non-hydrogen) atoms. The van der Waals surface area contributed by atoms with Crippen LogP contribution >= 0.6 is 0 Å². The Morgan fingerprint density at radius 2 is 2.03 bits per heavy atom. The number of aryl methyl sites for hydroxylation is 1. The molecule has 10 heteroatoms. The van der Waals surface area contributed by atoms with Crippen LogP contribution in [0.25, 0.3) is 10.9 Å². The summed E-state index contributed by atoms with van der Waals surface area (Å²) in [6.07, 6.45) is 3.36. The highest BCUT2D eigenvalue weighted by Gasteiger charge is 2.27. The third kappa shape index (κ3) is 3.15. The van der Waals surface area contributed by atoms with Crippen molar-refractivity contribution in [2.45, 2.75) is 26.1 Å². The molecule has 0 radical (unpaired) electrons. The maximum atomic E-state index is 14.5. The monoisotopic (exact) mass is 435 g/mol. The van der Waals surface area contributed by atoms with Crippen LogP contribution in [0.3, 0.4) is 0 Å². The fourth-order valence-electron chi connectivity index (χ4n) is 4.24. The number of hydrogen-bond donors (Lipinski definition) is 2. The molecular formula is C22H22FN7O2. The molecule has 0 amide bonds. The van der Waals surface area contributed by atoms with E-state index >= 15 is 0 Å². The van der Waals surface area contributed by atoms with Gasteiger partial charge in [0.2, 0.25) is 5.95 Å². The molecular weight excluding hydrogens is 413 g/mol. The molecule has 1 atom stereocenters. The van der Waals surface area contributed by atoms with Crippen LogP contribution in [0.1, 0.15) is 29.8 Å². The van der Waals surface area contributed by atoms with Gasteiger partial charge in [-0.25, -0.2) is 9.37 Å². The average molecular weight is 435 g/mol. The van der Waals surface area contributed by atoms with Crippen molar-refractivity contribution in [3.05, 3.63) is 80.0 Å². The number of nitrogens with one attached hydrogen (secondary N) is 2. The first-order valence-electron chi connectivity index (χ1n) is 10.2. The van der Waals surface area contributed by atoms with Crippen LogP contribution in [0.5, 0.6) is 0 Å². The minimum absolute atomic E-state index is 0.195. The van der Waals surface area contributed by atoms with Crippen LogP contribution in [-0.4, -0.2) is 24.3 Å². The topological polar surface area (TPSA) is 101 Å². The predicted molar refractivity (Wildman–Crippen MR) is 119 cm³/mol. The zero-order valence-corrected chi connectivity index (χ0v) is 17.9. The molecule has 4 aromatic rings. The largest absolute Gasteiger partial charge is 0.374 e. The SMILES string of the molecule is C[C@@H](Nc1ccc[nH]c1=O)c1cc(F)cc2c(=O)n(C)c(N3Cc4cnn(C)c4C3)nc12. The van der Waals surface area contributed by atoms with E-state index < -0.39 is 11.9 Å². The van der Waals surface area contributed by atoms with Gasteiger partial charge < -0.3 is 15.2 Å². The minimum atomic E-state index is -0.533. The molecule has 0 fully saturated rings. The van der Waals surface area contributed by atoms with Crippen LogP contribution in [0.15, 0.2) is 46.2 Å². The molecule has 2 N–H and O–H groups in total. The molecule has 0 bridgehead atoms. The summed E-state index contributed by atoms with van der Waals surface area (Å²) in [4.78, 5) is 34.6. The molecule has 1 aliphatic rings. The van der Waals surface area contributed by atoms with Crippen molar-refractivity contribution in [2.24, 2.45) is 14.1 Å². The lowest BCUT2D eigenvalue weighted by Gasteiger charge is -2.22. The summed E-state index contributed by atoms with van der Waals surface area (Å²) in [5.74, 6) is -0.0364. The van der Waals surface area contributed by atoms with Crippen molar-refractivity contribution in [1.29, 1.82) is 0 Å². The minimum Gasteiger partial charge on any atom is -0.374 e. The maximum Gasteiger partial charge on any atom is 0.271 e. The van der Waals surface area contributed by atoms with Gasteiger partial charge in [0.15, 0.2) is 0 Å². The van der Waals surface area contributed by atoms with E-state index in [2.05, 4.69) is 15.4 Å². The van der Waals surface area contributed by atoms with Gasteiger partial charge in [-0.1, -0.05) is 0 Å². The third-order valence-electron chi connectivity index (χ3n) is 5.94. The van der Waals surface area contributed by atoms with Crippen molar-refractivity contribution in [3.63, 3.8) is 0 Å². The Kier molecular flexibility index (Phi) is 4.58. The third-order valence-corrected chi connectivity index (χ3v) is 5.94. The smallest absolute Gasteiger partial charge is 0.271 e. The number of pyridine rings is 1. The fourth-order valence-corrected chi connectivity index (χ4v) is 4.24. The van der Waals surface area contributed by atoms with E-state index in [-0.39, 0.29) is 16.5 Å². The number of hydrogen-bond acceptors (Lipinski definition) is 6. The van der Waals surface area contributed by atoms with Crippen LogP contribution in [-0.2, 0) is 27.2 Å². The van der Waals surface area contributed by atoms with Gasteiger partial charge in [0.25, 0.3) is 11.1 Å². The molecule has 164 valence electrons. The number of nitrogens with zero attached hydrogens (tertiary/aromatic N) is 5. The van der Waals surface area contributed by atoms with Crippen molar-refractivity contribution >= 4 is 22.5 Å². The zero-order chi connectivity index (χ0) is 22.6. The highest BCUT2D eigenvalue weighted by molar-refractivity contribution is 5.83. The van der Waals surface area contributed by atoms with Crippen molar-refractivity contribution in [2.75, 3.05) is 10.2 Å². The van der Waals surface area contributed by atoms with E-state index in [1.54, 1.807) is 26.1 Å². The standard InChI is InChI=1S/C22H22FN7O2/c1-12(26-17-5-4-6-24-20(17)31)15-7-14(23)8-16-19(15)27-22(28(2)21(16)32)30-10-13-9-25-29(3)18(13)11-30/h4-9,12,26H,10-11H2,1-3H3,(H,24,31)/t12-/m1/s1. The Balaban J connectivity index is 1.62. The summed E-state index contributed by atoms with van der Waals surface area (Å²) in [5.41, 5.74) is 2.80. The molecule has 0 spiro atoms. The molecule has 0 saturated heterocycles. The van der Waals surface area contributed by atoms with E-state index in [0.29, 0.717) is 35.8 Å². The summed E-state index contributed by atoms with van der Waals surface area (Å²) < 4.78 is 17.7. The molecule has 0 aliphatic carbocycles. The first kappa shape index (κ1) is 20.0. The van der Waals surface area contributed by atoms with Gasteiger partial charge in [-0.15, -0.1) is 0 Å². The summed E-state index contributed by atoms with van der Waals surface area (Å²) in [5, 5.41) is 7.57. The highest BCUT2D eigenvalue weighted by Crippen LogP contribution is 2.30. The fraction of sp³-hybridized carbons (Fsp3) is 0.273. The van der Waals surface area contributed by atoms with Gasteiger partial charge >= 0.3 is 0 Å². The zero-order valence-electron chi connectivity index (χ0n) is 17.9. The first-order chi connectivity index (χ1) is 15.3. The van der Waals surface area contributed by atoms with Gasteiger partial charge in [-0.3, -0.25) is 18.8 Å². The van der Waals surface area contributed by atoms with E-state index in [9.17, 15) is 14.0 Å². The number of H-pyrrole nitrogens is 1. The van der Waals surface area contributed by atoms with Crippen molar-refractivity contribution < 1.29 is 4.39 Å². The number of benzene rings is 1. The van der Waals surface area contributed by atoms with E-state index in [1.807, 2.05) is 22.8 Å². The first-order valence-corrected chi connectivity index (χ1v) is 10.2. The van der Waals surface area contributed by atoms with Crippen LogP contribution in [0.2, 0.25) is 0 Å². The van der Waals surface area contributed by atoms with Gasteiger partial charge in [-0.2, -0.15) is 5.10 Å². The Hall–Kier alpha value is -3.95. The lowest BCUT2D eigenvalue weighted by atomic mass is 10.0. The van der Waals surface area contributed by atoms with Crippen molar-refractivity contribution in [1.82, 2.24) is 24.3 Å². The lowest BCUT2D eigenvalue weighted by molar-refractivity contribution is 0.625. The average Bonchev–Trinajstić information content (AvgIpc) is 3.34. The number of anilines is 2. The van der Waals surface area contributed by atoms with E-state index in [0.717, 1.165) is 11.3 Å². The summed E-state index contributed by atoms with van der Waals surface area (Å²) >= 11 is 0. The summed E-state index contributed by atoms with van der Waals surface area (Å²) in [7, 11) is 3.52. The number of halogens is 1. The molecule has 3 aromatic heterocycles. The van der Waals surface area contributed by atoms with E-state index in [4.69, 9.17) is 4.98 Å². The molecule has 4 heterocycles. The normalized spacial score (nSPS) is 14.1. The number of fused-ring (bicyclic) bond motifs is 2. The Labute approximate surface area is 182 Å². The summed E-state index contributed by atoms with van der Waals surface area (Å²) in [6, 6.07) is 5.44. The quantitative estimate of drug-likeness (QED) is 0.510. The number of rotatable bonds is 4. The predicted octanol–water partition coefficient (Wildman–Crippen LogP) is 2.19. The number of aromatic amines is 1. The van der Waals surface area contributed by atoms with E-state index in [1.165, 1.54) is 22.9 Å². The Bertz CT molecular complexity index is 1470. The molecule has 5 rings (SSSR count). The molecule has 1 aliphatic heterocycles. The molecule has 1 aromatic carbocycles. The molecule has 0 saturated carbocycles. The number of aromatic nitrogens is 5. The van der Waals surface area contributed by atoms with Crippen LogP contribution in [0.4, 0.5) is 16.0 Å². The molecule has 9 nitrogen and oxygen atoms in total. The second-order valence-electron chi connectivity index (χ2n) is 8.04. The molecule has 0 unspecified atom stereocenters. The van der Waals surface area contributed by atoms with Gasteiger partial charge in [0, 0.05) is 38.0 Å². The van der Waals surface area contributed by atoms with Gasteiger partial charge in [-0.05, 0) is 31.2 Å². The van der Waals surface area contributed by atoms with Crippen LogP contribution < -0.4 is 21.3 Å². The van der Waals surface area contributed by atoms with Gasteiger partial charge in [0.05, 0.1) is 35.4 Å². The Morgan fingerprint density at radius 1 is 1.22 bits per heavy atom. The summed E-state index contributed by atoms with van der Waals surface area (Å²) in [6.45, 7) is 2.96. The van der Waals surface area contributed by atoms with Gasteiger partial charge in [0.1, 0.15) is 11.5 Å². The lowest BCUT2D eigenvalue weighted by Crippen LogP contribution is -2.29. The maximum absolute atomic E-state index is 14.5. The highest BCUT2D eigenvalue weighted by atomic mass is 19.1. The van der Waals surface area contributed by atoms with Crippen LogP contribution in [0, 0.1) is 5.82 Å². The Morgan fingerprint density at radius 3 is 2.78 bits per heavy atom. The second kappa shape index (κ2) is 7.33.